The van der Waals surface area contributed by atoms with Gasteiger partial charge >= 0.3 is 0 Å². The van der Waals surface area contributed by atoms with E-state index >= 15 is 0 Å². The Hall–Kier alpha value is -1.51. The minimum Gasteiger partial charge on any atom is -0.497 e. The molecule has 2 unspecified atom stereocenters. The summed E-state index contributed by atoms with van der Waals surface area (Å²) in [5.74, 6) is 2.41. The molecule has 19 heavy (non-hydrogen) atoms. The van der Waals surface area contributed by atoms with Crippen molar-refractivity contribution < 1.29 is 14.3 Å². The number of benzene rings is 1. The van der Waals surface area contributed by atoms with Gasteiger partial charge in [0.1, 0.15) is 11.5 Å². The van der Waals surface area contributed by atoms with Crippen molar-refractivity contribution in [2.75, 3.05) is 14.2 Å². The molecular weight excluding hydrogens is 240 g/mol. The van der Waals surface area contributed by atoms with Gasteiger partial charge in [0.15, 0.2) is 5.78 Å². The average molecular weight is 262 g/mol. The summed E-state index contributed by atoms with van der Waals surface area (Å²) in [6.07, 6.45) is 4.37. The van der Waals surface area contributed by atoms with Crippen molar-refractivity contribution in [3.63, 3.8) is 0 Å². The van der Waals surface area contributed by atoms with Crippen molar-refractivity contribution in [2.24, 2.45) is 11.8 Å². The molecule has 0 amide bonds. The van der Waals surface area contributed by atoms with Crippen LogP contribution in [0.4, 0.5) is 0 Å². The SMILES string of the molecule is CCC1CCC(C(=O)c2ccc(OC)cc2OC)C1. The van der Waals surface area contributed by atoms with E-state index in [0.717, 1.165) is 12.8 Å². The van der Waals surface area contributed by atoms with Crippen LogP contribution in [0.2, 0.25) is 0 Å². The van der Waals surface area contributed by atoms with Crippen LogP contribution in [-0.4, -0.2) is 20.0 Å². The number of carbonyl (C=O) groups is 1. The van der Waals surface area contributed by atoms with E-state index < -0.39 is 0 Å². The number of methoxy groups -OCH3 is 2. The number of Topliss-reactive ketones (excluding diaryl/α,β-unsaturated/α-hetero) is 1. The van der Waals surface area contributed by atoms with Gasteiger partial charge in [-0.25, -0.2) is 0 Å². The van der Waals surface area contributed by atoms with Crippen LogP contribution in [0.5, 0.6) is 11.5 Å². The second-order valence-corrected chi connectivity index (χ2v) is 5.21. The molecule has 0 aliphatic heterocycles. The van der Waals surface area contributed by atoms with E-state index in [2.05, 4.69) is 6.92 Å². The molecule has 1 saturated carbocycles. The fourth-order valence-corrected chi connectivity index (χ4v) is 2.91. The van der Waals surface area contributed by atoms with E-state index in [4.69, 9.17) is 9.47 Å². The molecule has 0 radical (unpaired) electrons. The minimum absolute atomic E-state index is 0.159. The lowest BCUT2D eigenvalue weighted by Crippen LogP contribution is -2.13. The smallest absolute Gasteiger partial charge is 0.169 e. The van der Waals surface area contributed by atoms with Gasteiger partial charge in [-0.15, -0.1) is 0 Å². The second kappa shape index (κ2) is 6.09. The number of rotatable bonds is 5. The van der Waals surface area contributed by atoms with Gasteiger partial charge in [-0.05, 0) is 37.3 Å². The van der Waals surface area contributed by atoms with E-state index in [-0.39, 0.29) is 11.7 Å². The van der Waals surface area contributed by atoms with Gasteiger partial charge in [-0.2, -0.15) is 0 Å². The van der Waals surface area contributed by atoms with Crippen LogP contribution in [0.1, 0.15) is 43.0 Å². The highest BCUT2D eigenvalue weighted by atomic mass is 16.5. The highest BCUT2D eigenvalue weighted by Gasteiger charge is 2.30. The van der Waals surface area contributed by atoms with Gasteiger partial charge in [-0.1, -0.05) is 13.3 Å². The maximum Gasteiger partial charge on any atom is 0.169 e. The summed E-state index contributed by atoms with van der Waals surface area (Å²) in [5, 5.41) is 0. The summed E-state index contributed by atoms with van der Waals surface area (Å²) in [6.45, 7) is 2.20. The van der Waals surface area contributed by atoms with E-state index in [1.54, 1.807) is 20.3 Å². The van der Waals surface area contributed by atoms with Crippen LogP contribution in [0.3, 0.4) is 0 Å². The Balaban J connectivity index is 2.19. The number of hydrogen-bond donors (Lipinski definition) is 0. The lowest BCUT2D eigenvalue weighted by atomic mass is 9.94. The molecule has 1 fully saturated rings. The van der Waals surface area contributed by atoms with E-state index in [9.17, 15) is 4.79 Å². The molecule has 1 aliphatic rings. The first-order valence-corrected chi connectivity index (χ1v) is 6.95. The van der Waals surface area contributed by atoms with Gasteiger partial charge < -0.3 is 9.47 Å². The molecule has 1 aliphatic carbocycles. The molecule has 0 N–H and O–H groups in total. The summed E-state index contributed by atoms with van der Waals surface area (Å²) in [6, 6.07) is 5.42. The van der Waals surface area contributed by atoms with E-state index in [1.807, 2.05) is 12.1 Å². The summed E-state index contributed by atoms with van der Waals surface area (Å²) in [5.41, 5.74) is 0.685. The normalized spacial score (nSPS) is 22.3. The van der Waals surface area contributed by atoms with Gasteiger partial charge in [0, 0.05) is 12.0 Å². The molecule has 3 heteroatoms. The first-order valence-electron chi connectivity index (χ1n) is 6.95. The van der Waals surface area contributed by atoms with Crippen LogP contribution in [0, 0.1) is 11.8 Å². The van der Waals surface area contributed by atoms with Crippen LogP contribution in [0.15, 0.2) is 18.2 Å². The molecule has 0 saturated heterocycles. The molecule has 104 valence electrons. The monoisotopic (exact) mass is 262 g/mol. The topological polar surface area (TPSA) is 35.5 Å². The standard InChI is InChI=1S/C16H22O3/c1-4-11-5-6-12(9-11)16(17)14-8-7-13(18-2)10-15(14)19-3/h7-8,10-12H,4-6,9H2,1-3H3. The Morgan fingerprint density at radius 3 is 2.63 bits per heavy atom. The van der Waals surface area contributed by atoms with Crippen molar-refractivity contribution in [3.8, 4) is 11.5 Å². The first kappa shape index (κ1) is 13.9. The Bertz CT molecular complexity index is 453. The fourth-order valence-electron chi connectivity index (χ4n) is 2.91. The molecular formula is C16H22O3. The average Bonchev–Trinajstić information content (AvgIpc) is 2.94. The zero-order valence-electron chi connectivity index (χ0n) is 11.9. The zero-order chi connectivity index (χ0) is 13.8. The van der Waals surface area contributed by atoms with Gasteiger partial charge in [0.05, 0.1) is 19.8 Å². The van der Waals surface area contributed by atoms with Crippen molar-refractivity contribution >= 4 is 5.78 Å². The van der Waals surface area contributed by atoms with Crippen LogP contribution in [0.25, 0.3) is 0 Å². The van der Waals surface area contributed by atoms with E-state index in [1.165, 1.54) is 12.8 Å². The molecule has 2 atom stereocenters. The maximum atomic E-state index is 12.6. The van der Waals surface area contributed by atoms with Crippen molar-refractivity contribution in [3.05, 3.63) is 23.8 Å². The summed E-state index contributed by atoms with van der Waals surface area (Å²) >= 11 is 0. The van der Waals surface area contributed by atoms with Gasteiger partial charge in [-0.3, -0.25) is 4.79 Å². The lowest BCUT2D eigenvalue weighted by molar-refractivity contribution is 0.0917. The lowest BCUT2D eigenvalue weighted by Gasteiger charge is -2.13. The van der Waals surface area contributed by atoms with Crippen LogP contribution >= 0.6 is 0 Å². The summed E-state index contributed by atoms with van der Waals surface area (Å²) < 4.78 is 10.5. The maximum absolute atomic E-state index is 12.6. The Morgan fingerprint density at radius 2 is 2.05 bits per heavy atom. The molecule has 1 aromatic carbocycles. The highest BCUT2D eigenvalue weighted by molar-refractivity contribution is 6.00. The van der Waals surface area contributed by atoms with Gasteiger partial charge in [0.25, 0.3) is 0 Å². The molecule has 0 spiro atoms. The number of hydrogen-bond acceptors (Lipinski definition) is 3. The molecule has 0 aromatic heterocycles. The molecule has 0 bridgehead atoms. The number of ketones is 1. The number of carbonyl (C=O) groups excluding carboxylic acids is 1. The van der Waals surface area contributed by atoms with Crippen molar-refractivity contribution in [1.29, 1.82) is 0 Å². The van der Waals surface area contributed by atoms with Gasteiger partial charge in [0.2, 0.25) is 0 Å². The third-order valence-corrected chi connectivity index (χ3v) is 4.16. The van der Waals surface area contributed by atoms with Crippen molar-refractivity contribution in [1.82, 2.24) is 0 Å². The third kappa shape index (κ3) is 2.91. The molecule has 0 heterocycles. The first-order chi connectivity index (χ1) is 9.19. The molecule has 1 aromatic rings. The highest BCUT2D eigenvalue weighted by Crippen LogP contribution is 2.37. The van der Waals surface area contributed by atoms with Crippen LogP contribution in [-0.2, 0) is 0 Å². The Kier molecular flexibility index (Phi) is 4.46. The Labute approximate surface area is 114 Å². The van der Waals surface area contributed by atoms with Crippen molar-refractivity contribution in [2.45, 2.75) is 32.6 Å². The molecule has 3 nitrogen and oxygen atoms in total. The molecule has 2 rings (SSSR count). The quantitative estimate of drug-likeness (QED) is 0.759. The largest absolute Gasteiger partial charge is 0.497 e. The third-order valence-electron chi connectivity index (χ3n) is 4.16. The van der Waals surface area contributed by atoms with E-state index in [0.29, 0.717) is 23.0 Å². The number of ether oxygens (including phenoxy) is 2. The Morgan fingerprint density at radius 1 is 1.26 bits per heavy atom. The summed E-state index contributed by atoms with van der Waals surface area (Å²) in [4.78, 5) is 12.6. The fraction of sp³-hybridized carbons (Fsp3) is 0.562. The summed E-state index contributed by atoms with van der Waals surface area (Å²) in [7, 11) is 3.20. The predicted molar refractivity (Wildman–Crippen MR) is 75.0 cm³/mol. The minimum atomic E-state index is 0.159. The second-order valence-electron chi connectivity index (χ2n) is 5.21. The predicted octanol–water partition coefficient (Wildman–Crippen LogP) is 3.71. The van der Waals surface area contributed by atoms with Crippen LogP contribution < -0.4 is 9.47 Å². The zero-order valence-corrected chi connectivity index (χ0v) is 11.9.